The van der Waals surface area contributed by atoms with Crippen molar-refractivity contribution in [2.75, 3.05) is 0 Å². The molecule has 3 aromatic rings. The smallest absolute Gasteiger partial charge is 0.412 e. The number of carbonyl (C=O) groups excluding carboxylic acids is 1. The van der Waals surface area contributed by atoms with Gasteiger partial charge in [0.25, 0.3) is 5.91 Å². The van der Waals surface area contributed by atoms with Crippen molar-refractivity contribution >= 4 is 34.4 Å². The number of carbonyl (C=O) groups is 2. The first kappa shape index (κ1) is 22.6. The van der Waals surface area contributed by atoms with Gasteiger partial charge < -0.3 is 15.0 Å². The van der Waals surface area contributed by atoms with Crippen LogP contribution >= 0.6 is 11.6 Å². The van der Waals surface area contributed by atoms with Gasteiger partial charge in [0, 0.05) is 22.5 Å². The number of alkyl halides is 3. The maximum atomic E-state index is 13.7. The van der Waals surface area contributed by atoms with Crippen LogP contribution in [0.5, 0.6) is 0 Å². The molecule has 0 saturated heterocycles. The molecule has 0 aliphatic carbocycles. The lowest BCUT2D eigenvalue weighted by Gasteiger charge is -2.22. The molecule has 5 nitrogen and oxygen atoms in total. The molecule has 0 radical (unpaired) electrons. The molecule has 0 spiro atoms. The number of carboxylic acid groups (broad SMARTS) is 1. The number of amides is 1. The third-order valence-electron chi connectivity index (χ3n) is 4.85. The fourth-order valence-electron chi connectivity index (χ4n) is 3.47. The number of fused-ring (bicyclic) bond motifs is 1. The molecule has 10 heteroatoms. The molecule has 1 atom stereocenters. The van der Waals surface area contributed by atoms with E-state index < -0.39 is 35.5 Å². The van der Waals surface area contributed by atoms with E-state index in [0.29, 0.717) is 22.5 Å². The number of hydrogen-bond acceptors (Lipinski definition) is 2. The quantitative estimate of drug-likeness (QED) is 0.498. The normalized spacial score (nSPS) is 12.7. The zero-order valence-corrected chi connectivity index (χ0v) is 17.1. The Morgan fingerprint density at radius 3 is 2.39 bits per heavy atom. The summed E-state index contributed by atoms with van der Waals surface area (Å²) in [5.41, 5.74) is 0.343. The van der Waals surface area contributed by atoms with E-state index in [1.807, 2.05) is 5.32 Å². The molecule has 1 heterocycles. The van der Waals surface area contributed by atoms with Crippen molar-refractivity contribution in [2.45, 2.75) is 32.6 Å². The van der Waals surface area contributed by atoms with Crippen LogP contribution in [0, 0.1) is 12.7 Å². The van der Waals surface area contributed by atoms with E-state index in [2.05, 4.69) is 0 Å². The molecule has 0 bridgehead atoms. The van der Waals surface area contributed by atoms with Crippen molar-refractivity contribution in [3.63, 3.8) is 0 Å². The van der Waals surface area contributed by atoms with E-state index >= 15 is 0 Å². The molecule has 1 unspecified atom stereocenters. The third-order valence-corrected chi connectivity index (χ3v) is 5.07. The van der Waals surface area contributed by atoms with E-state index in [9.17, 15) is 32.3 Å². The second-order valence-corrected chi connectivity index (χ2v) is 7.39. The van der Waals surface area contributed by atoms with Gasteiger partial charge in [-0.1, -0.05) is 11.6 Å². The number of nitrogens with zero attached hydrogens (tertiary/aromatic N) is 1. The summed E-state index contributed by atoms with van der Waals surface area (Å²) in [7, 11) is 0. The molecule has 2 aromatic carbocycles. The minimum absolute atomic E-state index is 0.0234. The van der Waals surface area contributed by atoms with Crippen LogP contribution < -0.4 is 5.32 Å². The second kappa shape index (κ2) is 8.22. The molecular formula is C21H17ClF4N2O3. The number of carboxylic acids is 1. The van der Waals surface area contributed by atoms with Crippen LogP contribution in [0.2, 0.25) is 5.02 Å². The van der Waals surface area contributed by atoms with E-state index in [1.54, 1.807) is 19.9 Å². The lowest BCUT2D eigenvalue weighted by molar-refractivity contribution is -0.155. The highest BCUT2D eigenvalue weighted by Crippen LogP contribution is 2.35. The minimum atomic E-state index is -4.91. The summed E-state index contributed by atoms with van der Waals surface area (Å²) in [6.07, 6.45) is -4.91. The Morgan fingerprint density at radius 2 is 1.84 bits per heavy atom. The molecule has 1 amide bonds. The topological polar surface area (TPSA) is 71.3 Å². The molecule has 0 saturated carbocycles. The van der Waals surface area contributed by atoms with Crippen molar-refractivity contribution in [3.8, 4) is 0 Å². The SMILES string of the molecule is CCn1c(C(=O)NC(c2cc(F)cc(Cl)c2)C(F)(F)F)cc2cc(C(=O)O)c(C)cc21. The van der Waals surface area contributed by atoms with Gasteiger partial charge in [-0.05, 0) is 61.4 Å². The predicted octanol–water partition coefficient (Wildman–Crippen LogP) is 5.49. The summed E-state index contributed by atoms with van der Waals surface area (Å²) in [4.78, 5) is 24.2. The van der Waals surface area contributed by atoms with Crippen LogP contribution in [0.15, 0.2) is 36.4 Å². The molecule has 164 valence electrons. The predicted molar refractivity (Wildman–Crippen MR) is 107 cm³/mol. The molecule has 1 aromatic heterocycles. The third kappa shape index (κ3) is 4.51. The lowest BCUT2D eigenvalue weighted by Crippen LogP contribution is -2.39. The number of benzene rings is 2. The van der Waals surface area contributed by atoms with Gasteiger partial charge >= 0.3 is 12.1 Å². The molecule has 0 aliphatic rings. The minimum Gasteiger partial charge on any atom is -0.478 e. The van der Waals surface area contributed by atoms with Gasteiger partial charge in [-0.15, -0.1) is 0 Å². The molecule has 31 heavy (non-hydrogen) atoms. The average molecular weight is 457 g/mol. The van der Waals surface area contributed by atoms with Crippen LogP contribution in [0.3, 0.4) is 0 Å². The molecule has 0 aliphatic heterocycles. The van der Waals surface area contributed by atoms with Crippen LogP contribution in [0.4, 0.5) is 17.6 Å². The van der Waals surface area contributed by atoms with Gasteiger partial charge in [0.1, 0.15) is 11.5 Å². The van der Waals surface area contributed by atoms with Gasteiger partial charge in [-0.3, -0.25) is 4.79 Å². The van der Waals surface area contributed by atoms with Crippen molar-refractivity contribution in [3.05, 3.63) is 69.6 Å². The zero-order chi connectivity index (χ0) is 23.1. The largest absolute Gasteiger partial charge is 0.478 e. The van der Waals surface area contributed by atoms with E-state index in [4.69, 9.17) is 11.6 Å². The Balaban J connectivity index is 2.07. The van der Waals surface area contributed by atoms with E-state index in [0.717, 1.165) is 12.1 Å². The summed E-state index contributed by atoms with van der Waals surface area (Å²) >= 11 is 5.68. The Labute approximate surface area is 179 Å². The standard InChI is InChI=1S/C21H17ClF4N2O3/c1-3-28-16-4-10(2)15(20(30)31)7-11(16)8-17(28)19(29)27-18(21(24,25)26)12-5-13(22)9-14(23)6-12/h4-9,18H,3H2,1-2H3,(H,27,29)(H,30,31). The maximum Gasteiger partial charge on any atom is 0.412 e. The number of aromatic nitrogens is 1. The fraction of sp³-hybridized carbons (Fsp3) is 0.238. The summed E-state index contributed by atoms with van der Waals surface area (Å²) in [6, 6.07) is 4.20. The monoisotopic (exact) mass is 456 g/mol. The molecular weight excluding hydrogens is 440 g/mol. The number of aromatic carboxylic acids is 1. The summed E-state index contributed by atoms with van der Waals surface area (Å²) in [5, 5.41) is 11.4. The Kier molecular flexibility index (Phi) is 6.00. The highest BCUT2D eigenvalue weighted by atomic mass is 35.5. The van der Waals surface area contributed by atoms with Crippen molar-refractivity contribution < 1.29 is 32.3 Å². The summed E-state index contributed by atoms with van der Waals surface area (Å²) < 4.78 is 56.1. The summed E-state index contributed by atoms with van der Waals surface area (Å²) in [5.74, 6) is -3.17. The van der Waals surface area contributed by atoms with Gasteiger partial charge in [0.05, 0.1) is 5.56 Å². The Morgan fingerprint density at radius 1 is 1.16 bits per heavy atom. The van der Waals surface area contributed by atoms with Crippen LogP contribution in [-0.4, -0.2) is 27.7 Å². The lowest BCUT2D eigenvalue weighted by atomic mass is 10.1. The van der Waals surface area contributed by atoms with Crippen LogP contribution in [-0.2, 0) is 6.54 Å². The Hall–Kier alpha value is -3.07. The number of aryl methyl sites for hydroxylation is 2. The highest BCUT2D eigenvalue weighted by molar-refractivity contribution is 6.30. The first-order chi connectivity index (χ1) is 14.4. The fourth-order valence-corrected chi connectivity index (χ4v) is 3.70. The number of nitrogens with one attached hydrogen (secondary N) is 1. The van der Waals surface area contributed by atoms with Crippen molar-refractivity contribution in [1.29, 1.82) is 0 Å². The number of halogens is 5. The van der Waals surface area contributed by atoms with Gasteiger partial charge in [-0.2, -0.15) is 13.2 Å². The summed E-state index contributed by atoms with van der Waals surface area (Å²) in [6.45, 7) is 3.54. The molecule has 3 rings (SSSR count). The van der Waals surface area contributed by atoms with Gasteiger partial charge in [0.2, 0.25) is 0 Å². The van der Waals surface area contributed by atoms with Crippen LogP contribution in [0.25, 0.3) is 10.9 Å². The van der Waals surface area contributed by atoms with Gasteiger partial charge in [-0.25, -0.2) is 9.18 Å². The Bertz CT molecular complexity index is 1170. The molecule has 0 fully saturated rings. The molecule has 2 N–H and O–H groups in total. The second-order valence-electron chi connectivity index (χ2n) is 6.96. The van der Waals surface area contributed by atoms with E-state index in [1.165, 1.54) is 16.7 Å². The van der Waals surface area contributed by atoms with Crippen molar-refractivity contribution in [2.24, 2.45) is 0 Å². The van der Waals surface area contributed by atoms with Crippen molar-refractivity contribution in [1.82, 2.24) is 9.88 Å². The van der Waals surface area contributed by atoms with E-state index in [-0.39, 0.29) is 22.8 Å². The average Bonchev–Trinajstić information content (AvgIpc) is 3.00. The maximum absolute atomic E-state index is 13.7. The number of rotatable bonds is 5. The van der Waals surface area contributed by atoms with Crippen LogP contribution in [0.1, 0.15) is 44.9 Å². The first-order valence-electron chi connectivity index (χ1n) is 9.13. The number of hydrogen-bond donors (Lipinski definition) is 2. The van der Waals surface area contributed by atoms with Gasteiger partial charge in [0.15, 0.2) is 6.04 Å². The zero-order valence-electron chi connectivity index (χ0n) is 16.3. The highest BCUT2D eigenvalue weighted by Gasteiger charge is 2.42. The first-order valence-corrected chi connectivity index (χ1v) is 9.51.